The molecule has 0 aliphatic rings. The van der Waals surface area contributed by atoms with Gasteiger partial charge in [0.05, 0.1) is 5.57 Å². The van der Waals surface area contributed by atoms with E-state index in [2.05, 4.69) is 88.6 Å². The Labute approximate surface area is 377 Å². The van der Waals surface area contributed by atoms with Crippen molar-refractivity contribution in [1.29, 1.82) is 0 Å². The first-order valence-corrected chi connectivity index (χ1v) is 25.5. The largest absolute Gasteiger partial charge is 0.348 e. The third-order valence-corrected chi connectivity index (χ3v) is 12.4. The smallest absolute Gasteiger partial charge is 0.303 e. The molecule has 0 saturated carbocycles. The molecule has 336 valence electrons. The van der Waals surface area contributed by atoms with Gasteiger partial charge < -0.3 is 5.53 Å². The molecule has 2 nitrogen and oxygen atoms in total. The van der Waals surface area contributed by atoms with Crippen molar-refractivity contribution in [1.82, 2.24) is 0 Å². The number of benzene rings is 2. The first kappa shape index (κ1) is 54.9. The second-order valence-corrected chi connectivity index (χ2v) is 17.9. The maximum Gasteiger partial charge on any atom is 0.303 e. The van der Waals surface area contributed by atoms with Gasteiger partial charge in [0, 0.05) is 16.5 Å². The third kappa shape index (κ3) is 24.8. The molecule has 0 atom stereocenters. The van der Waals surface area contributed by atoms with Crippen LogP contribution in [-0.2, 0) is 42.2 Å². The van der Waals surface area contributed by atoms with Crippen LogP contribution in [0.1, 0.15) is 268 Å². The van der Waals surface area contributed by atoms with E-state index in [-0.39, 0.29) is 16.5 Å². The normalized spacial score (nSPS) is 11.6. The summed E-state index contributed by atoms with van der Waals surface area (Å²) < 4.78 is 0. The maximum absolute atomic E-state index is 10.2. The van der Waals surface area contributed by atoms with Gasteiger partial charge in [0.15, 0.2) is 0 Å². The summed E-state index contributed by atoms with van der Waals surface area (Å²) in [6, 6.07) is 15.4. The number of unbranched alkanes of at least 4 members (excludes halogenated alkanes) is 22. The second kappa shape index (κ2) is 37.6. The zero-order valence-electron chi connectivity index (χ0n) is 39.7. The number of rotatable bonds is 37. The van der Waals surface area contributed by atoms with E-state index in [1.807, 2.05) is 0 Å². The zero-order valence-corrected chi connectivity index (χ0v) is 40.7. The topological polar surface area (TPSA) is 36.4 Å². The van der Waals surface area contributed by atoms with Crippen LogP contribution in [0.15, 0.2) is 47.5 Å². The van der Waals surface area contributed by atoms with Gasteiger partial charge in [-0.2, -0.15) is 0 Å². The summed E-state index contributed by atoms with van der Waals surface area (Å²) in [5.74, 6) is 3.21. The van der Waals surface area contributed by atoms with Gasteiger partial charge in [-0.1, -0.05) is 219 Å². The summed E-state index contributed by atoms with van der Waals surface area (Å²) in [4.78, 5) is 3.66. The average molecular weight is 852 g/mol. The van der Waals surface area contributed by atoms with E-state index in [4.69, 9.17) is 0 Å². The summed E-state index contributed by atoms with van der Waals surface area (Å²) in [5, 5.41) is 0. The molecule has 0 aliphatic heterocycles. The van der Waals surface area contributed by atoms with E-state index in [0.29, 0.717) is 0 Å². The van der Waals surface area contributed by atoms with E-state index >= 15 is 0 Å². The standard InChI is InChI=1S/C56H92N2.Ni/c1-7-13-19-24-27-32-37-50-42-51(38-33-28-25-20-14-8-2)46-54(45-50)56(55(40-34-29-26-21-15-9-3)52(47-58-57)39-18-12-6)53-43-48(35-30-22-16-10-4)41-49(44-53)36-31-23-17-11-5;/h41-46H,7-40H2,1-6H3;. The second-order valence-electron chi connectivity index (χ2n) is 17.9. The van der Waals surface area contributed by atoms with Crippen LogP contribution >= 0.6 is 0 Å². The van der Waals surface area contributed by atoms with E-state index in [1.54, 1.807) is 0 Å². The molecular formula is C56H92N2Ni. The van der Waals surface area contributed by atoms with Crippen molar-refractivity contribution in [3.05, 3.63) is 86.5 Å². The molecule has 0 heterocycles. The van der Waals surface area contributed by atoms with Crippen LogP contribution in [0.5, 0.6) is 0 Å². The molecule has 0 spiro atoms. The fourth-order valence-electron chi connectivity index (χ4n) is 8.83. The Morgan fingerprint density at radius 3 is 1.03 bits per heavy atom. The molecule has 0 amide bonds. The Kier molecular flexibility index (Phi) is 34.9. The minimum atomic E-state index is 0. The van der Waals surface area contributed by atoms with Gasteiger partial charge in [0.1, 0.15) is 0 Å². The molecule has 59 heavy (non-hydrogen) atoms. The molecule has 2 aromatic rings. The van der Waals surface area contributed by atoms with Crippen molar-refractivity contribution in [2.45, 2.75) is 260 Å². The fraction of sp³-hybridized carbons (Fsp3) is 0.714. The molecule has 0 bridgehead atoms. The van der Waals surface area contributed by atoms with Gasteiger partial charge in [-0.3, -0.25) is 0 Å². The predicted octanol–water partition coefficient (Wildman–Crippen LogP) is 18.3. The Bertz CT molecular complexity index is 1390. The minimum Gasteiger partial charge on any atom is -0.348 e. The first-order chi connectivity index (χ1) is 28.5. The molecule has 2 rings (SSSR count). The van der Waals surface area contributed by atoms with Crippen molar-refractivity contribution in [3.63, 3.8) is 0 Å². The number of hydrogen-bond donors (Lipinski definition) is 0. The van der Waals surface area contributed by atoms with Crippen LogP contribution in [0.4, 0.5) is 0 Å². The summed E-state index contributed by atoms with van der Waals surface area (Å²) >= 11 is 0. The molecule has 3 heteroatoms. The molecule has 0 aliphatic carbocycles. The summed E-state index contributed by atoms with van der Waals surface area (Å²) in [6.45, 7) is 13.9. The maximum atomic E-state index is 10.2. The summed E-state index contributed by atoms with van der Waals surface area (Å²) in [6.07, 6.45) is 42.5. The van der Waals surface area contributed by atoms with E-state index < -0.39 is 0 Å². The average Bonchev–Trinajstić information content (AvgIpc) is 3.23. The molecule has 0 N–H and O–H groups in total. The quantitative estimate of drug-likeness (QED) is 0.0162. The number of aryl methyl sites for hydroxylation is 4. The van der Waals surface area contributed by atoms with E-state index in [1.165, 1.54) is 205 Å². The molecule has 0 aromatic heterocycles. The summed E-state index contributed by atoms with van der Waals surface area (Å²) in [5.41, 5.74) is 22.8. The van der Waals surface area contributed by atoms with Crippen molar-refractivity contribution in [2.75, 3.05) is 0 Å². The van der Waals surface area contributed by atoms with Crippen LogP contribution in [0.3, 0.4) is 0 Å². The SMILES string of the molecule is CCCCCCCCC(C(=C=[N+]=[N-])CCCC)=C(c1cc(CCCCCC)cc(CCCCCC)c1)c1cc(CCCCCCCC)cc(CCCCCCCC)c1.[Ni]. The van der Waals surface area contributed by atoms with E-state index in [9.17, 15) is 5.53 Å². The fourth-order valence-corrected chi connectivity index (χ4v) is 8.83. The molecule has 0 unspecified atom stereocenters. The van der Waals surface area contributed by atoms with E-state index in [0.717, 1.165) is 63.4 Å². The van der Waals surface area contributed by atoms with Gasteiger partial charge in [0.2, 0.25) is 0 Å². The van der Waals surface area contributed by atoms with Crippen molar-refractivity contribution in [2.24, 2.45) is 0 Å². The number of allylic oxidation sites excluding steroid dienone is 2. The van der Waals surface area contributed by atoms with Gasteiger partial charge in [-0.15, -0.1) is 4.79 Å². The minimum absolute atomic E-state index is 0. The van der Waals surface area contributed by atoms with Crippen LogP contribution < -0.4 is 0 Å². The molecular weight excluding hydrogens is 759 g/mol. The van der Waals surface area contributed by atoms with Crippen LogP contribution in [0, 0.1) is 0 Å². The summed E-state index contributed by atoms with van der Waals surface area (Å²) in [7, 11) is 0. The van der Waals surface area contributed by atoms with Crippen LogP contribution in [0.2, 0.25) is 0 Å². The Morgan fingerprint density at radius 1 is 0.390 bits per heavy atom. The number of nitrogens with zero attached hydrogens (tertiary/aromatic N) is 2. The number of hydrogen-bond acceptors (Lipinski definition) is 0. The third-order valence-electron chi connectivity index (χ3n) is 12.4. The van der Waals surface area contributed by atoms with Crippen LogP contribution in [-0.4, -0.2) is 10.7 Å². The zero-order chi connectivity index (χ0) is 41.9. The van der Waals surface area contributed by atoms with Gasteiger partial charge in [-0.05, 0) is 122 Å². The van der Waals surface area contributed by atoms with Gasteiger partial charge in [0.25, 0.3) is 0 Å². The van der Waals surface area contributed by atoms with Gasteiger partial charge >= 0.3 is 5.87 Å². The Morgan fingerprint density at radius 2 is 0.695 bits per heavy atom. The Balaban J connectivity index is 0.0000174. The Hall–Kier alpha value is -2.17. The van der Waals surface area contributed by atoms with Crippen molar-refractivity contribution < 1.29 is 21.3 Å². The molecule has 0 fully saturated rings. The van der Waals surface area contributed by atoms with Gasteiger partial charge in [-0.25, -0.2) is 0 Å². The molecule has 0 saturated heterocycles. The predicted molar refractivity (Wildman–Crippen MR) is 258 cm³/mol. The monoisotopic (exact) mass is 851 g/mol. The first-order valence-electron chi connectivity index (χ1n) is 25.5. The van der Waals surface area contributed by atoms with Crippen molar-refractivity contribution in [3.8, 4) is 0 Å². The molecule has 0 radical (unpaired) electrons. The molecule has 2 aromatic carbocycles. The van der Waals surface area contributed by atoms with Crippen molar-refractivity contribution >= 4 is 11.4 Å². The van der Waals surface area contributed by atoms with Crippen LogP contribution in [0.25, 0.3) is 11.1 Å².